The number of hydrogen-bond acceptors (Lipinski definition) is 4. The Hall–Kier alpha value is -1.78. The minimum atomic E-state index is -0.853. The topological polar surface area (TPSA) is 76.7 Å². The molecule has 16 heavy (non-hydrogen) atoms. The smallest absolute Gasteiger partial charge is 0.373 e. The lowest BCUT2D eigenvalue weighted by Crippen LogP contribution is -2.12. The fourth-order valence-electron chi connectivity index (χ4n) is 1.78. The fourth-order valence-corrected chi connectivity index (χ4v) is 1.78. The van der Waals surface area contributed by atoms with Crippen molar-refractivity contribution in [3.63, 3.8) is 0 Å². The van der Waals surface area contributed by atoms with Crippen LogP contribution < -0.4 is 0 Å². The number of esters is 1. The molecular formula is C11H12O5. The van der Waals surface area contributed by atoms with Crippen molar-refractivity contribution >= 4 is 11.9 Å². The molecule has 0 radical (unpaired) electrons. The molecule has 1 aromatic rings. The van der Waals surface area contributed by atoms with E-state index in [9.17, 15) is 9.59 Å². The largest absolute Gasteiger partial charge is 0.481 e. The van der Waals surface area contributed by atoms with Crippen LogP contribution in [0.3, 0.4) is 0 Å². The van der Waals surface area contributed by atoms with Crippen molar-refractivity contribution in [1.82, 2.24) is 0 Å². The number of carbonyl (C=O) groups is 2. The van der Waals surface area contributed by atoms with E-state index in [1.165, 1.54) is 13.2 Å². The van der Waals surface area contributed by atoms with Crippen molar-refractivity contribution in [2.75, 3.05) is 7.11 Å². The van der Waals surface area contributed by atoms with Gasteiger partial charge in [-0.15, -0.1) is 0 Å². The van der Waals surface area contributed by atoms with Crippen LogP contribution in [0.15, 0.2) is 16.5 Å². The molecule has 1 saturated carbocycles. The van der Waals surface area contributed by atoms with Gasteiger partial charge in [0.1, 0.15) is 5.76 Å². The molecule has 2 rings (SSSR count). The molecule has 1 N–H and O–H groups in total. The van der Waals surface area contributed by atoms with E-state index >= 15 is 0 Å². The normalized spacial score (nSPS) is 16.8. The van der Waals surface area contributed by atoms with Crippen LogP contribution in [0, 0.1) is 0 Å². The van der Waals surface area contributed by atoms with Crippen molar-refractivity contribution in [1.29, 1.82) is 0 Å². The number of rotatable bonds is 4. The number of methoxy groups -OCH3 is 1. The maximum Gasteiger partial charge on any atom is 0.373 e. The Labute approximate surface area is 92.0 Å². The van der Waals surface area contributed by atoms with Gasteiger partial charge >= 0.3 is 11.9 Å². The summed E-state index contributed by atoms with van der Waals surface area (Å²) in [4.78, 5) is 21.9. The zero-order chi connectivity index (χ0) is 11.8. The van der Waals surface area contributed by atoms with E-state index in [1.807, 2.05) is 0 Å². The van der Waals surface area contributed by atoms with Gasteiger partial charge < -0.3 is 14.3 Å². The minimum absolute atomic E-state index is 0.0428. The van der Waals surface area contributed by atoms with Crippen LogP contribution in [0.1, 0.15) is 35.6 Å². The summed E-state index contributed by atoms with van der Waals surface area (Å²) in [6.45, 7) is 0. The Morgan fingerprint density at radius 2 is 2.19 bits per heavy atom. The molecule has 0 atom stereocenters. The number of carbonyl (C=O) groups excluding carboxylic acids is 1. The summed E-state index contributed by atoms with van der Waals surface area (Å²) in [7, 11) is 1.27. The predicted molar refractivity (Wildman–Crippen MR) is 53.2 cm³/mol. The van der Waals surface area contributed by atoms with E-state index in [-0.39, 0.29) is 12.2 Å². The second-order valence-corrected chi connectivity index (χ2v) is 4.01. The SMILES string of the molecule is COC(=O)c1ccc(C2(CC(=O)O)CC2)o1. The summed E-state index contributed by atoms with van der Waals surface area (Å²) in [6.07, 6.45) is 1.61. The van der Waals surface area contributed by atoms with Gasteiger partial charge in [-0.25, -0.2) is 4.79 Å². The first-order chi connectivity index (χ1) is 7.57. The lowest BCUT2D eigenvalue weighted by Gasteiger charge is -2.07. The first-order valence-corrected chi connectivity index (χ1v) is 4.98. The molecule has 5 nitrogen and oxygen atoms in total. The summed E-state index contributed by atoms with van der Waals surface area (Å²) in [6, 6.07) is 3.17. The second-order valence-electron chi connectivity index (χ2n) is 4.01. The fraction of sp³-hybridized carbons (Fsp3) is 0.455. The van der Waals surface area contributed by atoms with Crippen LogP contribution in [-0.4, -0.2) is 24.2 Å². The van der Waals surface area contributed by atoms with E-state index in [0.717, 1.165) is 12.8 Å². The molecule has 0 unspecified atom stereocenters. The molecule has 0 bridgehead atoms. The van der Waals surface area contributed by atoms with Crippen molar-refractivity contribution in [2.24, 2.45) is 0 Å². The zero-order valence-electron chi connectivity index (χ0n) is 8.86. The first-order valence-electron chi connectivity index (χ1n) is 4.98. The second kappa shape index (κ2) is 3.66. The monoisotopic (exact) mass is 224 g/mol. The number of carboxylic acid groups (broad SMARTS) is 1. The Morgan fingerprint density at radius 3 is 2.69 bits per heavy atom. The Balaban J connectivity index is 2.19. The number of aliphatic carboxylic acids is 1. The summed E-state index contributed by atoms with van der Waals surface area (Å²) in [5.74, 6) is -0.713. The Kier molecular flexibility index (Phi) is 2.46. The third-order valence-corrected chi connectivity index (χ3v) is 2.86. The molecule has 0 saturated heterocycles. The van der Waals surface area contributed by atoms with Gasteiger partial charge in [-0.2, -0.15) is 0 Å². The maximum atomic E-state index is 11.2. The van der Waals surface area contributed by atoms with Gasteiger partial charge in [0, 0.05) is 5.41 Å². The Bertz CT molecular complexity index is 427. The molecule has 0 aliphatic heterocycles. The van der Waals surface area contributed by atoms with Gasteiger partial charge in [-0.3, -0.25) is 4.79 Å². The highest BCUT2D eigenvalue weighted by Gasteiger charge is 2.48. The molecule has 86 valence electrons. The van der Waals surface area contributed by atoms with E-state index in [2.05, 4.69) is 4.74 Å². The van der Waals surface area contributed by atoms with Crippen molar-refractivity contribution in [3.05, 3.63) is 23.7 Å². The average molecular weight is 224 g/mol. The van der Waals surface area contributed by atoms with E-state index < -0.39 is 17.4 Å². The summed E-state index contributed by atoms with van der Waals surface area (Å²) >= 11 is 0. The van der Waals surface area contributed by atoms with Gasteiger partial charge in [-0.05, 0) is 25.0 Å². The minimum Gasteiger partial charge on any atom is -0.481 e. The molecule has 1 aliphatic carbocycles. The third-order valence-electron chi connectivity index (χ3n) is 2.86. The maximum absolute atomic E-state index is 11.2. The standard InChI is InChI=1S/C11H12O5/c1-15-10(14)7-2-3-8(16-7)11(4-5-11)6-9(12)13/h2-3H,4-6H2,1H3,(H,12,13). The highest BCUT2D eigenvalue weighted by atomic mass is 16.5. The highest BCUT2D eigenvalue weighted by molar-refractivity contribution is 5.86. The van der Waals surface area contributed by atoms with Gasteiger partial charge in [0.15, 0.2) is 0 Å². The van der Waals surface area contributed by atoms with Crippen LogP contribution in [-0.2, 0) is 14.9 Å². The quantitative estimate of drug-likeness (QED) is 0.785. The van der Waals surface area contributed by atoms with Crippen molar-refractivity contribution in [2.45, 2.75) is 24.7 Å². The van der Waals surface area contributed by atoms with Gasteiger partial charge in [0.25, 0.3) is 0 Å². The zero-order valence-corrected chi connectivity index (χ0v) is 8.86. The summed E-state index contributed by atoms with van der Waals surface area (Å²) in [5.41, 5.74) is -0.405. The molecule has 1 fully saturated rings. The first kappa shape index (κ1) is 10.7. The lowest BCUT2D eigenvalue weighted by molar-refractivity contribution is -0.137. The van der Waals surface area contributed by atoms with E-state index in [0.29, 0.717) is 5.76 Å². The lowest BCUT2D eigenvalue weighted by atomic mass is 10.00. The molecule has 1 heterocycles. The number of furan rings is 1. The van der Waals surface area contributed by atoms with E-state index in [1.54, 1.807) is 6.07 Å². The van der Waals surface area contributed by atoms with Crippen LogP contribution in [0.5, 0.6) is 0 Å². The molecule has 1 aromatic heterocycles. The Morgan fingerprint density at radius 1 is 1.50 bits per heavy atom. The number of ether oxygens (including phenoxy) is 1. The van der Waals surface area contributed by atoms with Crippen LogP contribution >= 0.6 is 0 Å². The van der Waals surface area contributed by atoms with Crippen LogP contribution in [0.2, 0.25) is 0 Å². The van der Waals surface area contributed by atoms with Crippen LogP contribution in [0.4, 0.5) is 0 Å². The van der Waals surface area contributed by atoms with Gasteiger partial charge in [0.05, 0.1) is 13.5 Å². The summed E-state index contributed by atoms with van der Waals surface area (Å²) < 4.78 is 9.84. The molecule has 1 aliphatic rings. The highest BCUT2D eigenvalue weighted by Crippen LogP contribution is 2.51. The molecular weight excluding hydrogens is 212 g/mol. The predicted octanol–water partition coefficient (Wildman–Crippen LogP) is 1.57. The van der Waals surface area contributed by atoms with E-state index in [4.69, 9.17) is 9.52 Å². The van der Waals surface area contributed by atoms with Gasteiger partial charge in [-0.1, -0.05) is 0 Å². The van der Waals surface area contributed by atoms with Crippen LogP contribution in [0.25, 0.3) is 0 Å². The third kappa shape index (κ3) is 1.80. The van der Waals surface area contributed by atoms with Crippen molar-refractivity contribution in [3.8, 4) is 0 Å². The molecule has 0 aromatic carbocycles. The number of carboxylic acids is 1. The average Bonchev–Trinajstić information content (AvgIpc) is 2.82. The molecule has 0 spiro atoms. The molecule has 0 amide bonds. The van der Waals surface area contributed by atoms with Crippen molar-refractivity contribution < 1.29 is 23.8 Å². The molecule has 5 heteroatoms. The summed E-state index contributed by atoms with van der Waals surface area (Å²) in [5, 5.41) is 8.78. The number of hydrogen-bond donors (Lipinski definition) is 1. The van der Waals surface area contributed by atoms with Gasteiger partial charge in [0.2, 0.25) is 5.76 Å².